The van der Waals surface area contributed by atoms with Gasteiger partial charge in [-0.3, -0.25) is 0 Å². The number of aliphatic hydroxyl groups is 1. The van der Waals surface area contributed by atoms with E-state index in [0.717, 1.165) is 16.1 Å². The van der Waals surface area contributed by atoms with E-state index in [1.165, 1.54) is 0 Å². The van der Waals surface area contributed by atoms with Crippen LogP contribution in [0.4, 0.5) is 5.69 Å². The first kappa shape index (κ1) is 10.4. The van der Waals surface area contributed by atoms with Crippen LogP contribution in [0, 0.1) is 0 Å². The Kier molecular flexibility index (Phi) is 3.59. The molecule has 5 N–H and O–H groups in total. The summed E-state index contributed by atoms with van der Waals surface area (Å²) in [6, 6.07) is 5.26. The Balaban J connectivity index is 2.99. The van der Waals surface area contributed by atoms with Crippen LogP contribution in [-0.4, -0.2) is 18.0 Å². The average Bonchev–Trinajstić information content (AvgIpc) is 2.17. The zero-order valence-corrected chi connectivity index (χ0v) is 8.34. The number of hydrogen-bond acceptors (Lipinski definition) is 4. The van der Waals surface area contributed by atoms with Crippen LogP contribution in [0.1, 0.15) is 11.6 Å². The quantitative estimate of drug-likeness (QED) is 0.500. The first-order valence-corrected chi connectivity index (χ1v) is 5.21. The lowest BCUT2D eigenvalue weighted by Gasteiger charge is -2.10. The zero-order chi connectivity index (χ0) is 9.84. The second kappa shape index (κ2) is 4.50. The minimum absolute atomic E-state index is 0.0439. The molecule has 13 heavy (non-hydrogen) atoms. The number of rotatable bonds is 3. The summed E-state index contributed by atoms with van der Waals surface area (Å²) < 4.78 is 0. The van der Waals surface area contributed by atoms with E-state index in [4.69, 9.17) is 16.6 Å². The van der Waals surface area contributed by atoms with E-state index >= 15 is 0 Å². The summed E-state index contributed by atoms with van der Waals surface area (Å²) >= 11 is 1.58. The topological polar surface area (TPSA) is 72.3 Å². The Labute approximate surface area is 82.1 Å². The molecule has 0 fully saturated rings. The summed E-state index contributed by atoms with van der Waals surface area (Å²) in [4.78, 5) is 1.00. The van der Waals surface area contributed by atoms with Crippen molar-refractivity contribution in [3.63, 3.8) is 0 Å². The Morgan fingerprint density at radius 3 is 2.77 bits per heavy atom. The molecule has 0 amide bonds. The second-order valence-electron chi connectivity index (χ2n) is 2.79. The van der Waals surface area contributed by atoms with Gasteiger partial charge < -0.3 is 16.6 Å². The van der Waals surface area contributed by atoms with Crippen molar-refractivity contribution in [2.75, 3.05) is 18.6 Å². The van der Waals surface area contributed by atoms with Crippen molar-refractivity contribution >= 4 is 17.4 Å². The summed E-state index contributed by atoms with van der Waals surface area (Å²) in [5.41, 5.74) is 13.1. The van der Waals surface area contributed by atoms with Crippen LogP contribution in [0.25, 0.3) is 0 Å². The molecular weight excluding hydrogens is 184 g/mol. The largest absolute Gasteiger partial charge is 0.398 e. The summed E-state index contributed by atoms with van der Waals surface area (Å²) in [5.74, 6) is 0. The van der Waals surface area contributed by atoms with E-state index in [9.17, 15) is 0 Å². The third kappa shape index (κ3) is 2.37. The highest BCUT2D eigenvalue weighted by molar-refractivity contribution is 7.98. The molecule has 0 aromatic heterocycles. The predicted octanol–water partition coefficient (Wildman–Crippen LogP) is 0.983. The second-order valence-corrected chi connectivity index (χ2v) is 3.64. The Morgan fingerprint density at radius 2 is 2.23 bits per heavy atom. The summed E-state index contributed by atoms with van der Waals surface area (Å²) in [6.45, 7) is -0.0439. The lowest BCUT2D eigenvalue weighted by atomic mass is 10.1. The number of hydrogen-bond donors (Lipinski definition) is 3. The SMILES string of the molecule is CSc1cc(C(N)CO)ccc1N. The zero-order valence-electron chi connectivity index (χ0n) is 7.53. The van der Waals surface area contributed by atoms with E-state index in [-0.39, 0.29) is 12.6 Å². The predicted molar refractivity (Wildman–Crippen MR) is 56.6 cm³/mol. The van der Waals surface area contributed by atoms with Gasteiger partial charge in [0.05, 0.1) is 12.6 Å². The van der Waals surface area contributed by atoms with Gasteiger partial charge in [-0.05, 0) is 24.0 Å². The molecule has 3 nitrogen and oxygen atoms in total. The van der Waals surface area contributed by atoms with Crippen LogP contribution in [0.15, 0.2) is 23.1 Å². The third-order valence-corrected chi connectivity index (χ3v) is 2.68. The fraction of sp³-hybridized carbons (Fsp3) is 0.333. The molecule has 0 saturated heterocycles. The van der Waals surface area contributed by atoms with Gasteiger partial charge in [-0.25, -0.2) is 0 Å². The van der Waals surface area contributed by atoms with Crippen LogP contribution < -0.4 is 11.5 Å². The maximum Gasteiger partial charge on any atom is 0.0624 e. The monoisotopic (exact) mass is 198 g/mol. The van der Waals surface area contributed by atoms with Crippen LogP contribution >= 0.6 is 11.8 Å². The van der Waals surface area contributed by atoms with E-state index in [1.807, 2.05) is 24.5 Å². The average molecular weight is 198 g/mol. The van der Waals surface area contributed by atoms with Crippen molar-refractivity contribution in [1.82, 2.24) is 0 Å². The molecule has 0 spiro atoms. The van der Waals surface area contributed by atoms with E-state index in [1.54, 1.807) is 11.8 Å². The van der Waals surface area contributed by atoms with Gasteiger partial charge in [-0.2, -0.15) is 0 Å². The molecule has 4 heteroatoms. The minimum atomic E-state index is -0.313. The highest BCUT2D eigenvalue weighted by Crippen LogP contribution is 2.25. The fourth-order valence-corrected chi connectivity index (χ4v) is 1.62. The maximum atomic E-state index is 8.86. The van der Waals surface area contributed by atoms with E-state index in [2.05, 4.69) is 0 Å². The Hall–Kier alpha value is -0.710. The summed E-state index contributed by atoms with van der Waals surface area (Å²) in [7, 11) is 0. The standard InChI is InChI=1S/C9H14N2OS/c1-13-9-4-6(8(11)5-12)2-3-7(9)10/h2-4,8,12H,5,10-11H2,1H3. The lowest BCUT2D eigenvalue weighted by molar-refractivity contribution is 0.268. The van der Waals surface area contributed by atoms with Crippen LogP contribution in [0.5, 0.6) is 0 Å². The van der Waals surface area contributed by atoms with E-state index < -0.39 is 0 Å². The van der Waals surface area contributed by atoms with Crippen molar-refractivity contribution in [2.45, 2.75) is 10.9 Å². The van der Waals surface area contributed by atoms with Gasteiger partial charge in [0.15, 0.2) is 0 Å². The minimum Gasteiger partial charge on any atom is -0.398 e. The van der Waals surface area contributed by atoms with Crippen LogP contribution in [-0.2, 0) is 0 Å². The van der Waals surface area contributed by atoms with Gasteiger partial charge in [0, 0.05) is 10.6 Å². The first-order valence-electron chi connectivity index (χ1n) is 3.99. The van der Waals surface area contributed by atoms with Gasteiger partial charge in [-0.1, -0.05) is 6.07 Å². The molecule has 0 aliphatic rings. The van der Waals surface area contributed by atoms with E-state index in [0.29, 0.717) is 0 Å². The number of nitrogens with two attached hydrogens (primary N) is 2. The van der Waals surface area contributed by atoms with Gasteiger partial charge in [0.2, 0.25) is 0 Å². The summed E-state index contributed by atoms with van der Waals surface area (Å²) in [5, 5.41) is 8.86. The smallest absolute Gasteiger partial charge is 0.0624 e. The van der Waals surface area contributed by atoms with Crippen LogP contribution in [0.2, 0.25) is 0 Å². The van der Waals surface area contributed by atoms with Gasteiger partial charge in [0.1, 0.15) is 0 Å². The molecule has 0 aliphatic heterocycles. The van der Waals surface area contributed by atoms with Gasteiger partial charge in [-0.15, -0.1) is 11.8 Å². The van der Waals surface area contributed by atoms with Crippen molar-refractivity contribution in [3.05, 3.63) is 23.8 Å². The number of aliphatic hydroxyl groups excluding tert-OH is 1. The van der Waals surface area contributed by atoms with Gasteiger partial charge >= 0.3 is 0 Å². The van der Waals surface area contributed by atoms with Crippen LogP contribution in [0.3, 0.4) is 0 Å². The third-order valence-electron chi connectivity index (χ3n) is 1.88. The molecular formula is C9H14N2OS. The number of benzene rings is 1. The first-order chi connectivity index (χ1) is 6.19. The van der Waals surface area contributed by atoms with Crippen molar-refractivity contribution < 1.29 is 5.11 Å². The molecule has 0 bridgehead atoms. The number of anilines is 1. The molecule has 1 rings (SSSR count). The van der Waals surface area contributed by atoms with Crippen molar-refractivity contribution in [1.29, 1.82) is 0 Å². The molecule has 1 aromatic rings. The lowest BCUT2D eigenvalue weighted by Crippen LogP contribution is -2.14. The number of nitrogen functional groups attached to an aromatic ring is 1. The normalized spacial score (nSPS) is 12.8. The molecule has 0 aliphatic carbocycles. The van der Waals surface area contributed by atoms with Gasteiger partial charge in [0.25, 0.3) is 0 Å². The Bertz CT molecular complexity index is 291. The molecule has 1 atom stereocenters. The molecule has 0 saturated carbocycles. The molecule has 0 heterocycles. The highest BCUT2D eigenvalue weighted by atomic mass is 32.2. The Morgan fingerprint density at radius 1 is 1.54 bits per heavy atom. The van der Waals surface area contributed by atoms with Crippen molar-refractivity contribution in [2.24, 2.45) is 5.73 Å². The molecule has 72 valence electrons. The molecule has 1 unspecified atom stereocenters. The molecule has 0 radical (unpaired) electrons. The fourth-order valence-electron chi connectivity index (χ4n) is 1.06. The van der Waals surface area contributed by atoms with Crippen molar-refractivity contribution in [3.8, 4) is 0 Å². The number of thioether (sulfide) groups is 1. The summed E-state index contributed by atoms with van der Waals surface area (Å²) in [6.07, 6.45) is 1.96. The highest BCUT2D eigenvalue weighted by Gasteiger charge is 2.06. The maximum absolute atomic E-state index is 8.86. The molecule has 1 aromatic carbocycles.